The molecule has 0 aliphatic rings. The number of hydrogen-bond acceptors (Lipinski definition) is 4. The highest BCUT2D eigenvalue weighted by molar-refractivity contribution is 5.55. The lowest BCUT2D eigenvalue weighted by Crippen LogP contribution is -2.01. The van der Waals surface area contributed by atoms with E-state index in [1.54, 1.807) is 6.07 Å². The number of rotatable bonds is 4. The minimum atomic E-state index is -0.248. The molecule has 0 fully saturated rings. The monoisotopic (exact) mass is 297 g/mol. The summed E-state index contributed by atoms with van der Waals surface area (Å²) in [5.74, 6) is 0.800. The van der Waals surface area contributed by atoms with Gasteiger partial charge in [-0.2, -0.15) is 4.98 Å². The van der Waals surface area contributed by atoms with Gasteiger partial charge < -0.3 is 9.84 Å². The SMILES string of the molecule is Cc1ccc(-c2noc(CNc3ccc(F)cc3C)n2)cc1. The van der Waals surface area contributed by atoms with Crippen LogP contribution in [0.1, 0.15) is 17.0 Å². The van der Waals surface area contributed by atoms with E-state index in [0.717, 1.165) is 16.8 Å². The Labute approximate surface area is 128 Å². The Bertz CT molecular complexity index is 781. The van der Waals surface area contributed by atoms with E-state index in [4.69, 9.17) is 4.52 Å². The average molecular weight is 297 g/mol. The molecular formula is C17H16FN3O. The maximum atomic E-state index is 13.1. The third-order valence-corrected chi connectivity index (χ3v) is 3.40. The van der Waals surface area contributed by atoms with Crippen LogP contribution in [0.15, 0.2) is 47.0 Å². The fourth-order valence-electron chi connectivity index (χ4n) is 2.14. The highest BCUT2D eigenvalue weighted by atomic mass is 19.1. The van der Waals surface area contributed by atoms with Crippen molar-refractivity contribution < 1.29 is 8.91 Å². The van der Waals surface area contributed by atoms with Crippen molar-refractivity contribution in [3.05, 3.63) is 65.3 Å². The van der Waals surface area contributed by atoms with E-state index in [1.807, 2.05) is 38.1 Å². The molecule has 2 aromatic carbocycles. The zero-order valence-corrected chi connectivity index (χ0v) is 12.4. The Balaban J connectivity index is 1.70. The average Bonchev–Trinajstić information content (AvgIpc) is 2.96. The smallest absolute Gasteiger partial charge is 0.246 e. The Morgan fingerprint density at radius 2 is 1.86 bits per heavy atom. The largest absolute Gasteiger partial charge is 0.376 e. The zero-order valence-electron chi connectivity index (χ0n) is 12.4. The molecule has 3 rings (SSSR count). The highest BCUT2D eigenvalue weighted by Gasteiger charge is 2.09. The Morgan fingerprint density at radius 3 is 2.59 bits per heavy atom. The number of nitrogens with one attached hydrogen (secondary N) is 1. The molecule has 0 bridgehead atoms. The number of benzene rings is 2. The second kappa shape index (κ2) is 5.97. The molecule has 3 aromatic rings. The van der Waals surface area contributed by atoms with Crippen LogP contribution < -0.4 is 5.32 Å². The molecule has 0 unspecified atom stereocenters. The quantitative estimate of drug-likeness (QED) is 0.787. The fraction of sp³-hybridized carbons (Fsp3) is 0.176. The molecule has 1 heterocycles. The summed E-state index contributed by atoms with van der Waals surface area (Å²) in [7, 11) is 0. The van der Waals surface area contributed by atoms with Crippen LogP contribution in [-0.4, -0.2) is 10.1 Å². The van der Waals surface area contributed by atoms with Crippen molar-refractivity contribution in [1.29, 1.82) is 0 Å². The minimum absolute atomic E-state index is 0.248. The lowest BCUT2D eigenvalue weighted by atomic mass is 10.1. The molecule has 4 nitrogen and oxygen atoms in total. The van der Waals surface area contributed by atoms with E-state index < -0.39 is 0 Å². The molecule has 0 atom stereocenters. The van der Waals surface area contributed by atoms with Gasteiger partial charge in [0, 0.05) is 11.3 Å². The predicted octanol–water partition coefficient (Wildman–Crippen LogP) is 4.10. The van der Waals surface area contributed by atoms with Crippen LogP contribution in [0.4, 0.5) is 10.1 Å². The Hall–Kier alpha value is -2.69. The molecular weight excluding hydrogens is 281 g/mol. The molecule has 0 spiro atoms. The van der Waals surface area contributed by atoms with Crippen molar-refractivity contribution in [1.82, 2.24) is 10.1 Å². The summed E-state index contributed by atoms with van der Waals surface area (Å²) >= 11 is 0. The van der Waals surface area contributed by atoms with Crippen molar-refractivity contribution in [2.45, 2.75) is 20.4 Å². The third-order valence-electron chi connectivity index (χ3n) is 3.40. The van der Waals surface area contributed by atoms with E-state index in [0.29, 0.717) is 18.3 Å². The first-order chi connectivity index (χ1) is 10.6. The fourth-order valence-corrected chi connectivity index (χ4v) is 2.14. The first kappa shape index (κ1) is 14.3. The van der Waals surface area contributed by atoms with E-state index in [9.17, 15) is 4.39 Å². The number of anilines is 1. The van der Waals surface area contributed by atoms with Gasteiger partial charge >= 0.3 is 0 Å². The summed E-state index contributed by atoms with van der Waals surface area (Å²) in [6.45, 7) is 4.27. The van der Waals surface area contributed by atoms with Crippen LogP contribution in [-0.2, 0) is 6.54 Å². The standard InChI is InChI=1S/C17H16FN3O/c1-11-3-5-13(6-4-11)17-20-16(22-21-17)10-19-15-8-7-14(18)9-12(15)2/h3-9,19H,10H2,1-2H3. The van der Waals surface area contributed by atoms with Crippen LogP contribution in [0, 0.1) is 19.7 Å². The highest BCUT2D eigenvalue weighted by Crippen LogP contribution is 2.19. The van der Waals surface area contributed by atoms with Gasteiger partial charge in [-0.3, -0.25) is 0 Å². The summed E-state index contributed by atoms with van der Waals surface area (Å²) in [4.78, 5) is 4.36. The minimum Gasteiger partial charge on any atom is -0.376 e. The lowest BCUT2D eigenvalue weighted by molar-refractivity contribution is 0.384. The molecule has 0 saturated carbocycles. The number of aryl methyl sites for hydroxylation is 2. The van der Waals surface area contributed by atoms with Gasteiger partial charge in [0.15, 0.2) is 0 Å². The summed E-state index contributed by atoms with van der Waals surface area (Å²) < 4.78 is 18.3. The van der Waals surface area contributed by atoms with Crippen LogP contribution in [0.5, 0.6) is 0 Å². The third kappa shape index (κ3) is 3.14. The van der Waals surface area contributed by atoms with Gasteiger partial charge in [-0.05, 0) is 37.6 Å². The topological polar surface area (TPSA) is 51.0 Å². The number of halogens is 1. The van der Waals surface area contributed by atoms with Crippen molar-refractivity contribution in [2.75, 3.05) is 5.32 Å². The van der Waals surface area contributed by atoms with Gasteiger partial charge in [0.25, 0.3) is 0 Å². The van der Waals surface area contributed by atoms with Crippen LogP contribution in [0.3, 0.4) is 0 Å². The first-order valence-electron chi connectivity index (χ1n) is 7.01. The second-order valence-electron chi connectivity index (χ2n) is 5.19. The van der Waals surface area contributed by atoms with Gasteiger partial charge in [-0.25, -0.2) is 4.39 Å². The normalized spacial score (nSPS) is 10.7. The molecule has 0 saturated heterocycles. The van der Waals surface area contributed by atoms with Gasteiger partial charge in [0.1, 0.15) is 5.82 Å². The second-order valence-corrected chi connectivity index (χ2v) is 5.19. The van der Waals surface area contributed by atoms with E-state index >= 15 is 0 Å². The Morgan fingerprint density at radius 1 is 1.09 bits per heavy atom. The summed E-state index contributed by atoms with van der Waals surface area (Å²) in [5.41, 5.74) is 3.77. The lowest BCUT2D eigenvalue weighted by Gasteiger charge is -2.06. The molecule has 5 heteroatoms. The first-order valence-corrected chi connectivity index (χ1v) is 7.01. The maximum Gasteiger partial charge on any atom is 0.246 e. The van der Waals surface area contributed by atoms with E-state index in [1.165, 1.54) is 17.7 Å². The van der Waals surface area contributed by atoms with Crippen molar-refractivity contribution >= 4 is 5.69 Å². The van der Waals surface area contributed by atoms with Gasteiger partial charge in [0.2, 0.25) is 11.7 Å². The van der Waals surface area contributed by atoms with Gasteiger partial charge in [0.05, 0.1) is 6.54 Å². The van der Waals surface area contributed by atoms with Crippen molar-refractivity contribution in [3.63, 3.8) is 0 Å². The zero-order chi connectivity index (χ0) is 15.5. The van der Waals surface area contributed by atoms with Crippen LogP contribution in [0.2, 0.25) is 0 Å². The molecule has 22 heavy (non-hydrogen) atoms. The molecule has 112 valence electrons. The molecule has 0 aliphatic heterocycles. The number of aromatic nitrogens is 2. The van der Waals surface area contributed by atoms with Crippen molar-refractivity contribution in [2.24, 2.45) is 0 Å². The number of nitrogens with zero attached hydrogens (tertiary/aromatic N) is 2. The van der Waals surface area contributed by atoms with E-state index in [-0.39, 0.29) is 5.82 Å². The predicted molar refractivity (Wildman–Crippen MR) is 82.9 cm³/mol. The molecule has 0 radical (unpaired) electrons. The molecule has 1 aromatic heterocycles. The maximum absolute atomic E-state index is 13.1. The molecule has 0 amide bonds. The molecule has 0 aliphatic carbocycles. The summed E-state index contributed by atoms with van der Waals surface area (Å²) in [6.07, 6.45) is 0. The summed E-state index contributed by atoms with van der Waals surface area (Å²) in [5, 5.41) is 7.15. The van der Waals surface area contributed by atoms with Gasteiger partial charge in [-0.1, -0.05) is 35.0 Å². The molecule has 1 N–H and O–H groups in total. The van der Waals surface area contributed by atoms with Crippen LogP contribution in [0.25, 0.3) is 11.4 Å². The summed E-state index contributed by atoms with van der Waals surface area (Å²) in [6, 6.07) is 12.5. The number of hydrogen-bond donors (Lipinski definition) is 1. The van der Waals surface area contributed by atoms with Crippen LogP contribution >= 0.6 is 0 Å². The van der Waals surface area contributed by atoms with Crippen molar-refractivity contribution in [3.8, 4) is 11.4 Å². The Kier molecular flexibility index (Phi) is 3.87. The van der Waals surface area contributed by atoms with E-state index in [2.05, 4.69) is 15.5 Å². The van der Waals surface area contributed by atoms with Gasteiger partial charge in [-0.15, -0.1) is 0 Å².